The molecule has 0 saturated heterocycles. The Balaban J connectivity index is 1.43. The van der Waals surface area contributed by atoms with Gasteiger partial charge in [-0.3, -0.25) is 24.0 Å². The van der Waals surface area contributed by atoms with Gasteiger partial charge in [-0.05, 0) is 125 Å². The first kappa shape index (κ1) is 64.9. The van der Waals surface area contributed by atoms with Crippen LogP contribution in [-0.2, 0) is 33.5 Å². The summed E-state index contributed by atoms with van der Waals surface area (Å²) in [6, 6.07) is 10.8. The highest BCUT2D eigenvalue weighted by Crippen LogP contribution is 2.38. The maximum absolute atomic E-state index is 13.2. The number of aromatic carboxylic acids is 1. The van der Waals surface area contributed by atoms with Crippen molar-refractivity contribution < 1.29 is 48.1 Å². The number of carboxylic acids is 1. The lowest BCUT2D eigenvalue weighted by Gasteiger charge is -2.39. The Hall–Kier alpha value is -6.35. The quantitative estimate of drug-likeness (QED) is 0.0157. The third-order valence-corrected chi connectivity index (χ3v) is 14.8. The Bertz CT molecular complexity index is 2490. The standard InChI is InChI=1S/C57H82N8O10S2/c1-37(14-10-13-17-47(76)57(7,28-32-66)38(2)59-8)63-36-55(3,4)29-33-75-56(5,6)27-31-60-50(70)35-62-52(71)45(24-25-48(58)68)65-49(69)26-30-61-54(77)64-40-20-23-42(44(34-40)53(72)73)51(39-18-21-41(67)22-19-39)43-15-11-12-16-46(43)74-9/h11-12,15-16,18-23,32,34,38,45,47,59,63,76H,1,10,13-14,17,24-31,33,35-36H2,2-9H3,(H2,58,68)(H,60,70)(H,62,71)(H,65,69)(H,72,73)(H2,61,64,77). The summed E-state index contributed by atoms with van der Waals surface area (Å²) in [5, 5.41) is 31.1. The minimum absolute atomic E-state index is 0.0164. The van der Waals surface area contributed by atoms with Crippen molar-refractivity contribution in [1.82, 2.24) is 31.9 Å². The number of aldehydes is 1. The number of para-hydroxylation sites is 1. The zero-order chi connectivity index (χ0) is 57.3. The number of primary amides is 1. The molecular formula is C57H82N8O10S2. The van der Waals surface area contributed by atoms with Crippen molar-refractivity contribution >= 4 is 82.9 Å². The number of carboxylic acid groups (broad SMARTS) is 1. The molecule has 0 saturated carbocycles. The van der Waals surface area contributed by atoms with E-state index < -0.39 is 41.2 Å². The molecule has 4 unspecified atom stereocenters. The first-order valence-electron chi connectivity index (χ1n) is 26.0. The number of hydrogen-bond donors (Lipinski definition) is 10. The van der Waals surface area contributed by atoms with Gasteiger partial charge in [-0.2, -0.15) is 12.6 Å². The molecule has 10 N–H and O–H groups in total. The number of hydrogen-bond acceptors (Lipinski definition) is 13. The van der Waals surface area contributed by atoms with Gasteiger partial charge >= 0.3 is 5.97 Å². The van der Waals surface area contributed by atoms with Gasteiger partial charge in [0.2, 0.25) is 23.6 Å². The van der Waals surface area contributed by atoms with Crippen LogP contribution in [0.15, 0.2) is 84.6 Å². The van der Waals surface area contributed by atoms with E-state index in [2.05, 4.69) is 71.5 Å². The molecule has 0 heterocycles. The number of benzene rings is 2. The van der Waals surface area contributed by atoms with Gasteiger partial charge in [0.25, 0.3) is 0 Å². The number of ether oxygens (including phenoxy) is 2. The smallest absolute Gasteiger partial charge is 0.336 e. The van der Waals surface area contributed by atoms with E-state index in [0.717, 1.165) is 50.6 Å². The third kappa shape index (κ3) is 22.3. The molecule has 0 radical (unpaired) electrons. The van der Waals surface area contributed by atoms with Crippen LogP contribution in [0.25, 0.3) is 5.57 Å². The summed E-state index contributed by atoms with van der Waals surface area (Å²) in [6.45, 7) is 17.8. The number of unbranched alkanes of at least 4 members (excludes halogenated alkanes) is 1. The lowest BCUT2D eigenvalue weighted by molar-refractivity contribution is -0.131. The number of nitrogens with two attached hydrogens (primary N) is 1. The lowest BCUT2D eigenvalue weighted by atomic mass is 9.75. The van der Waals surface area contributed by atoms with Crippen LogP contribution in [0.4, 0.5) is 5.69 Å². The number of thiol groups is 1. The molecule has 20 heteroatoms. The molecule has 1 aliphatic carbocycles. The second-order valence-electron chi connectivity index (χ2n) is 20.9. The monoisotopic (exact) mass is 1100 g/mol. The van der Waals surface area contributed by atoms with E-state index in [4.69, 9.17) is 40.1 Å². The van der Waals surface area contributed by atoms with Gasteiger partial charge in [0, 0.05) is 84.7 Å². The van der Waals surface area contributed by atoms with Crippen molar-refractivity contribution in [2.45, 2.75) is 129 Å². The van der Waals surface area contributed by atoms with E-state index in [1.165, 1.54) is 25.3 Å². The van der Waals surface area contributed by atoms with E-state index >= 15 is 0 Å². The summed E-state index contributed by atoms with van der Waals surface area (Å²) in [5.41, 5.74) is 7.87. The summed E-state index contributed by atoms with van der Waals surface area (Å²) >= 11 is 10.3. The SMILES string of the molecule is C=C(CCCCC(S)C(C)(CC=O)C(C)NC)NCC(C)(C)CCOC(C)(C)CCNC(=O)CNC(=O)C(CCC(N)=O)NC(=O)CCNC(=S)Nc1ccc(C(=C2C=CC(=O)C=C2)c2ccccc2OC)c(C(=O)O)c1. The van der Waals surface area contributed by atoms with Gasteiger partial charge in [-0.1, -0.05) is 70.2 Å². The summed E-state index contributed by atoms with van der Waals surface area (Å²) in [6.07, 6.45) is 12.0. The number of carbonyl (C=O) groups is 7. The minimum Gasteiger partial charge on any atom is -0.496 e. The van der Waals surface area contributed by atoms with Gasteiger partial charge in [-0.25, -0.2) is 4.79 Å². The second kappa shape index (κ2) is 31.8. The van der Waals surface area contributed by atoms with Gasteiger partial charge in [-0.15, -0.1) is 0 Å². The predicted octanol–water partition coefficient (Wildman–Crippen LogP) is 6.32. The molecule has 3 rings (SSSR count). The number of ketones is 1. The fourth-order valence-electron chi connectivity index (χ4n) is 8.42. The molecule has 4 amide bonds. The van der Waals surface area contributed by atoms with Crippen LogP contribution >= 0.6 is 24.8 Å². The van der Waals surface area contributed by atoms with Crippen LogP contribution in [0.5, 0.6) is 5.75 Å². The first-order valence-corrected chi connectivity index (χ1v) is 26.9. The molecule has 2 aromatic carbocycles. The summed E-state index contributed by atoms with van der Waals surface area (Å²) < 4.78 is 11.8. The third-order valence-electron chi connectivity index (χ3n) is 13.7. The maximum atomic E-state index is 13.2. The molecule has 18 nitrogen and oxygen atoms in total. The number of rotatable bonds is 35. The summed E-state index contributed by atoms with van der Waals surface area (Å²) in [7, 11) is 3.42. The van der Waals surface area contributed by atoms with Crippen molar-refractivity contribution in [3.63, 3.8) is 0 Å². The fourth-order valence-corrected chi connectivity index (χ4v) is 9.15. The molecule has 77 heavy (non-hydrogen) atoms. The Morgan fingerprint density at radius 1 is 0.857 bits per heavy atom. The van der Waals surface area contributed by atoms with Gasteiger partial charge < -0.3 is 62.3 Å². The molecule has 0 aromatic heterocycles. The second-order valence-corrected chi connectivity index (χ2v) is 21.9. The van der Waals surface area contributed by atoms with Gasteiger partial charge in [0.1, 0.15) is 18.1 Å². The van der Waals surface area contributed by atoms with Crippen LogP contribution in [0, 0.1) is 10.8 Å². The Labute approximate surface area is 465 Å². The van der Waals surface area contributed by atoms with Gasteiger partial charge in [0.05, 0.1) is 24.8 Å². The number of anilines is 1. The van der Waals surface area contributed by atoms with Crippen molar-refractivity contribution in [3.05, 3.63) is 101 Å². The summed E-state index contributed by atoms with van der Waals surface area (Å²) in [4.78, 5) is 86.7. The molecule has 2 aromatic rings. The Morgan fingerprint density at radius 2 is 1.56 bits per heavy atom. The van der Waals surface area contributed by atoms with E-state index in [0.29, 0.717) is 53.2 Å². The van der Waals surface area contributed by atoms with Crippen molar-refractivity contribution in [1.29, 1.82) is 0 Å². The van der Waals surface area contributed by atoms with E-state index in [9.17, 15) is 38.7 Å². The average Bonchev–Trinajstić information content (AvgIpc) is 3.38. The molecular weight excluding hydrogens is 1020 g/mol. The Kier molecular flexibility index (Phi) is 26.8. The number of thiocarbonyl (C=S) groups is 1. The highest BCUT2D eigenvalue weighted by Gasteiger charge is 2.36. The van der Waals surface area contributed by atoms with E-state index in [1.54, 1.807) is 48.6 Å². The summed E-state index contributed by atoms with van der Waals surface area (Å²) in [5.74, 6) is -3.27. The maximum Gasteiger partial charge on any atom is 0.336 e. The molecule has 0 bridgehead atoms. The lowest BCUT2D eigenvalue weighted by Crippen LogP contribution is -2.50. The van der Waals surface area contributed by atoms with E-state index in [-0.39, 0.29) is 77.5 Å². The minimum atomic E-state index is -1.22. The average molecular weight is 1100 g/mol. The number of nitrogens with one attached hydrogen (secondary N) is 7. The molecule has 0 fully saturated rings. The van der Waals surface area contributed by atoms with E-state index in [1.807, 2.05) is 20.9 Å². The number of methoxy groups -OCH3 is 1. The number of carbonyl (C=O) groups excluding carboxylic acids is 6. The number of amides is 4. The Morgan fingerprint density at radius 3 is 2.21 bits per heavy atom. The normalized spacial score (nSPS) is 14.2. The predicted molar refractivity (Wildman–Crippen MR) is 310 cm³/mol. The van der Waals surface area contributed by atoms with Crippen LogP contribution in [-0.4, -0.2) is 122 Å². The van der Waals surface area contributed by atoms with Gasteiger partial charge in [0.15, 0.2) is 10.9 Å². The molecule has 1 aliphatic rings. The largest absolute Gasteiger partial charge is 0.496 e. The fraction of sp³-hybridized carbons (Fsp3) is 0.509. The van der Waals surface area contributed by atoms with Crippen molar-refractivity contribution in [3.8, 4) is 5.75 Å². The molecule has 0 spiro atoms. The zero-order valence-electron chi connectivity index (χ0n) is 46.0. The van der Waals surface area contributed by atoms with Crippen LogP contribution in [0.1, 0.15) is 127 Å². The first-order chi connectivity index (χ1) is 36.3. The van der Waals surface area contributed by atoms with Crippen LogP contribution < -0.4 is 47.7 Å². The zero-order valence-corrected chi connectivity index (χ0v) is 47.7. The van der Waals surface area contributed by atoms with Crippen LogP contribution in [0.2, 0.25) is 0 Å². The van der Waals surface area contributed by atoms with Crippen LogP contribution in [0.3, 0.4) is 0 Å². The highest BCUT2D eigenvalue weighted by atomic mass is 32.1. The van der Waals surface area contributed by atoms with Crippen molar-refractivity contribution in [2.24, 2.45) is 16.6 Å². The van der Waals surface area contributed by atoms with Crippen molar-refractivity contribution in [2.75, 3.05) is 52.3 Å². The topological polar surface area (TPSA) is 268 Å². The number of allylic oxidation sites excluding steroid dienone is 6. The molecule has 4 atom stereocenters. The molecule has 0 aliphatic heterocycles. The molecule has 422 valence electrons. The highest BCUT2D eigenvalue weighted by molar-refractivity contribution is 7.81.